The van der Waals surface area contributed by atoms with E-state index in [1.807, 2.05) is 47.6 Å². The molecule has 0 bridgehead atoms. The molecule has 1 aliphatic heterocycles. The zero-order chi connectivity index (χ0) is 15.7. The minimum absolute atomic E-state index is 0.234. The molecule has 6 heteroatoms. The van der Waals surface area contributed by atoms with Gasteiger partial charge < -0.3 is 9.80 Å². The zero-order valence-electron chi connectivity index (χ0n) is 13.5. The van der Waals surface area contributed by atoms with Crippen molar-refractivity contribution in [1.82, 2.24) is 19.5 Å². The van der Waals surface area contributed by atoms with Gasteiger partial charge in [0.25, 0.3) is 0 Å². The van der Waals surface area contributed by atoms with Crippen molar-refractivity contribution in [1.29, 1.82) is 0 Å². The van der Waals surface area contributed by atoms with Crippen LogP contribution in [-0.2, 0) is 4.79 Å². The topological polar surface area (TPSA) is 53.7 Å². The number of hydrogen-bond donors (Lipinski definition) is 0. The minimum Gasteiger partial charge on any atom is -0.361 e. The molecule has 0 aromatic carbocycles. The summed E-state index contributed by atoms with van der Waals surface area (Å²) in [6, 6.07) is 1.97. The highest BCUT2D eigenvalue weighted by atomic mass is 16.2. The van der Waals surface area contributed by atoms with Crippen LogP contribution in [0.25, 0.3) is 5.52 Å². The summed E-state index contributed by atoms with van der Waals surface area (Å²) < 4.78 is 1.89. The first-order valence-electron chi connectivity index (χ1n) is 7.89. The Balaban J connectivity index is 1.94. The second-order valence-electron chi connectivity index (χ2n) is 6.08. The van der Waals surface area contributed by atoms with E-state index in [2.05, 4.69) is 5.10 Å². The number of nitrogens with zero attached hydrogens (tertiary/aromatic N) is 5. The Bertz CT molecular complexity index is 678. The van der Waals surface area contributed by atoms with Gasteiger partial charge >= 0.3 is 0 Å². The van der Waals surface area contributed by atoms with Crippen LogP contribution in [0.5, 0.6) is 0 Å². The number of rotatable bonds is 3. The maximum atomic E-state index is 12.0. The quantitative estimate of drug-likeness (QED) is 0.869. The molecule has 0 aliphatic carbocycles. The summed E-state index contributed by atoms with van der Waals surface area (Å²) in [6.45, 7) is 3.55. The van der Waals surface area contributed by atoms with E-state index in [0.29, 0.717) is 6.42 Å². The third kappa shape index (κ3) is 2.65. The van der Waals surface area contributed by atoms with Gasteiger partial charge in [0.1, 0.15) is 5.52 Å². The molecule has 0 spiro atoms. The molecule has 1 fully saturated rings. The molecule has 0 N–H and O–H groups in total. The number of amides is 1. The molecule has 118 valence electrons. The van der Waals surface area contributed by atoms with E-state index in [-0.39, 0.29) is 11.8 Å². The number of anilines is 1. The third-order valence-electron chi connectivity index (χ3n) is 4.31. The van der Waals surface area contributed by atoms with Crippen molar-refractivity contribution in [3.05, 3.63) is 24.2 Å². The lowest BCUT2D eigenvalue weighted by molar-refractivity contribution is -0.132. The average molecular weight is 301 g/mol. The van der Waals surface area contributed by atoms with Crippen LogP contribution in [-0.4, -0.2) is 52.6 Å². The van der Waals surface area contributed by atoms with Crippen molar-refractivity contribution >= 4 is 17.2 Å². The molecular formula is C16H23N5O. The summed E-state index contributed by atoms with van der Waals surface area (Å²) in [6.07, 6.45) is 6.47. The molecule has 6 nitrogen and oxygen atoms in total. The molecule has 1 aliphatic rings. The van der Waals surface area contributed by atoms with Gasteiger partial charge in [-0.2, -0.15) is 5.10 Å². The maximum absolute atomic E-state index is 12.0. The molecule has 22 heavy (non-hydrogen) atoms. The van der Waals surface area contributed by atoms with Crippen molar-refractivity contribution in [2.75, 3.05) is 32.1 Å². The Kier molecular flexibility index (Phi) is 4.00. The van der Waals surface area contributed by atoms with Crippen LogP contribution >= 0.6 is 0 Å². The van der Waals surface area contributed by atoms with Gasteiger partial charge in [-0.1, -0.05) is 6.92 Å². The largest absolute Gasteiger partial charge is 0.361 e. The monoisotopic (exact) mass is 301 g/mol. The minimum atomic E-state index is 0.234. The summed E-state index contributed by atoms with van der Waals surface area (Å²) in [4.78, 5) is 20.8. The Labute approximate surface area is 130 Å². The van der Waals surface area contributed by atoms with E-state index in [4.69, 9.17) is 4.98 Å². The van der Waals surface area contributed by atoms with E-state index in [0.717, 1.165) is 43.0 Å². The van der Waals surface area contributed by atoms with Gasteiger partial charge in [0, 0.05) is 39.5 Å². The van der Waals surface area contributed by atoms with E-state index >= 15 is 0 Å². The number of hydrogen-bond acceptors (Lipinski definition) is 4. The molecule has 0 unspecified atom stereocenters. The fourth-order valence-corrected chi connectivity index (χ4v) is 3.12. The molecular weight excluding hydrogens is 278 g/mol. The lowest BCUT2D eigenvalue weighted by Crippen LogP contribution is -2.39. The van der Waals surface area contributed by atoms with E-state index in [1.54, 1.807) is 6.20 Å². The molecule has 1 saturated heterocycles. The zero-order valence-corrected chi connectivity index (χ0v) is 13.5. The average Bonchev–Trinajstić information content (AvgIpc) is 3.01. The van der Waals surface area contributed by atoms with Crippen molar-refractivity contribution in [2.45, 2.75) is 32.1 Å². The number of carbonyl (C=O) groups excluding carboxylic acids is 1. The summed E-state index contributed by atoms with van der Waals surface area (Å²) in [7, 11) is 3.99. The lowest BCUT2D eigenvalue weighted by atomic mass is 9.94. The van der Waals surface area contributed by atoms with Crippen molar-refractivity contribution < 1.29 is 4.79 Å². The molecule has 2 aromatic heterocycles. The highest BCUT2D eigenvalue weighted by Crippen LogP contribution is 2.28. The van der Waals surface area contributed by atoms with Gasteiger partial charge in [-0.05, 0) is 18.9 Å². The number of carbonyl (C=O) groups is 1. The van der Waals surface area contributed by atoms with Crippen LogP contribution in [0.3, 0.4) is 0 Å². The Hall–Kier alpha value is -2.11. The predicted molar refractivity (Wildman–Crippen MR) is 86.2 cm³/mol. The van der Waals surface area contributed by atoms with Gasteiger partial charge in [0.05, 0.1) is 18.1 Å². The normalized spacial score (nSPS) is 18.7. The van der Waals surface area contributed by atoms with Crippen LogP contribution in [0.4, 0.5) is 5.82 Å². The second kappa shape index (κ2) is 5.94. The van der Waals surface area contributed by atoms with Crippen LogP contribution in [0, 0.1) is 0 Å². The van der Waals surface area contributed by atoms with E-state index in [1.165, 1.54) is 0 Å². The second-order valence-corrected chi connectivity index (χ2v) is 6.08. The van der Waals surface area contributed by atoms with Crippen molar-refractivity contribution in [2.24, 2.45) is 0 Å². The first-order valence-corrected chi connectivity index (χ1v) is 7.89. The maximum Gasteiger partial charge on any atom is 0.222 e. The predicted octanol–water partition coefficient (Wildman–Crippen LogP) is 1.91. The number of piperidine rings is 1. The smallest absolute Gasteiger partial charge is 0.222 e. The Morgan fingerprint density at radius 3 is 3.00 bits per heavy atom. The van der Waals surface area contributed by atoms with Gasteiger partial charge in [0.15, 0.2) is 5.82 Å². The Morgan fingerprint density at radius 2 is 2.27 bits per heavy atom. The van der Waals surface area contributed by atoms with Crippen molar-refractivity contribution in [3.63, 3.8) is 0 Å². The van der Waals surface area contributed by atoms with Crippen LogP contribution in [0.15, 0.2) is 18.5 Å². The Morgan fingerprint density at radius 1 is 1.45 bits per heavy atom. The SMILES string of the molecule is CCC(=O)N1CCC[C@H](c2cn3nccc3c(N(C)C)n2)C1. The molecule has 2 aromatic rings. The highest BCUT2D eigenvalue weighted by molar-refractivity contribution is 5.76. The summed E-state index contributed by atoms with van der Waals surface area (Å²) in [5.74, 6) is 1.45. The van der Waals surface area contributed by atoms with Crippen LogP contribution in [0.1, 0.15) is 37.8 Å². The molecule has 0 saturated carbocycles. The molecule has 1 atom stereocenters. The summed E-state index contributed by atoms with van der Waals surface area (Å²) >= 11 is 0. The summed E-state index contributed by atoms with van der Waals surface area (Å²) in [5, 5.41) is 4.36. The number of likely N-dealkylation sites (tertiary alicyclic amines) is 1. The molecule has 3 heterocycles. The third-order valence-corrected chi connectivity index (χ3v) is 4.31. The fourth-order valence-electron chi connectivity index (χ4n) is 3.12. The van der Waals surface area contributed by atoms with Gasteiger partial charge in [-0.3, -0.25) is 4.79 Å². The molecule has 0 radical (unpaired) electrons. The number of fused-ring (bicyclic) bond motifs is 1. The first kappa shape index (κ1) is 14.8. The van der Waals surface area contributed by atoms with Gasteiger partial charge in [-0.15, -0.1) is 0 Å². The van der Waals surface area contributed by atoms with E-state index in [9.17, 15) is 4.79 Å². The highest BCUT2D eigenvalue weighted by Gasteiger charge is 2.26. The van der Waals surface area contributed by atoms with Gasteiger partial charge in [-0.25, -0.2) is 9.50 Å². The number of aromatic nitrogens is 3. The van der Waals surface area contributed by atoms with E-state index < -0.39 is 0 Å². The summed E-state index contributed by atoms with van der Waals surface area (Å²) in [5.41, 5.74) is 2.03. The molecule has 1 amide bonds. The van der Waals surface area contributed by atoms with Crippen LogP contribution < -0.4 is 4.90 Å². The standard InChI is InChI=1S/C16H23N5O/c1-4-15(22)20-9-5-6-12(10-20)13-11-21-14(7-8-17-21)16(18-13)19(2)3/h7-8,11-12H,4-6,9-10H2,1-3H3/t12-/m0/s1. The fraction of sp³-hybridized carbons (Fsp3) is 0.562. The first-order chi connectivity index (χ1) is 10.6. The van der Waals surface area contributed by atoms with Crippen molar-refractivity contribution in [3.8, 4) is 0 Å². The molecule has 3 rings (SSSR count). The van der Waals surface area contributed by atoms with Crippen LogP contribution in [0.2, 0.25) is 0 Å². The lowest BCUT2D eigenvalue weighted by Gasteiger charge is -2.32. The van der Waals surface area contributed by atoms with Gasteiger partial charge in [0.2, 0.25) is 5.91 Å².